The summed E-state index contributed by atoms with van der Waals surface area (Å²) in [6, 6.07) is 2.19. The summed E-state index contributed by atoms with van der Waals surface area (Å²) in [5.74, 6) is 0.745. The molecule has 17 heavy (non-hydrogen) atoms. The zero-order chi connectivity index (χ0) is 12.6. The van der Waals surface area contributed by atoms with Gasteiger partial charge in [-0.15, -0.1) is 0 Å². The summed E-state index contributed by atoms with van der Waals surface area (Å²) in [4.78, 5) is 2.80. The van der Waals surface area contributed by atoms with E-state index in [0.717, 1.165) is 18.5 Å². The average Bonchev–Trinajstić information content (AvgIpc) is 2.58. The van der Waals surface area contributed by atoms with Crippen molar-refractivity contribution in [3.05, 3.63) is 0 Å². The number of rotatable bonds is 2. The maximum Gasteiger partial charge on any atom is 0.0218 e. The Balaban J connectivity index is 2.07. The van der Waals surface area contributed by atoms with Gasteiger partial charge < -0.3 is 5.32 Å². The molecule has 1 aliphatic heterocycles. The smallest absolute Gasteiger partial charge is 0.0218 e. The third kappa shape index (κ3) is 2.68. The molecule has 0 aromatic rings. The number of nitrogens with one attached hydrogen (secondary N) is 1. The zero-order valence-corrected chi connectivity index (χ0v) is 12.3. The lowest BCUT2D eigenvalue weighted by molar-refractivity contribution is 0.0343. The zero-order valence-electron chi connectivity index (χ0n) is 12.3. The predicted octanol–water partition coefficient (Wildman–Crippen LogP) is 2.88. The molecule has 1 saturated carbocycles. The molecule has 3 atom stereocenters. The fourth-order valence-corrected chi connectivity index (χ4v) is 3.71. The first-order valence-corrected chi connectivity index (χ1v) is 7.41. The summed E-state index contributed by atoms with van der Waals surface area (Å²) < 4.78 is 0. The highest BCUT2D eigenvalue weighted by Crippen LogP contribution is 2.41. The molecule has 0 aromatic carbocycles. The van der Waals surface area contributed by atoms with E-state index >= 15 is 0 Å². The van der Waals surface area contributed by atoms with Crippen molar-refractivity contribution in [2.45, 2.75) is 72.0 Å². The third-order valence-electron chi connectivity index (χ3n) is 5.05. The van der Waals surface area contributed by atoms with E-state index in [9.17, 15) is 0 Å². The van der Waals surface area contributed by atoms with Gasteiger partial charge in [0.25, 0.3) is 0 Å². The highest BCUT2D eigenvalue weighted by atomic mass is 15.3. The van der Waals surface area contributed by atoms with Gasteiger partial charge in [-0.1, -0.05) is 34.1 Å². The topological polar surface area (TPSA) is 15.3 Å². The Labute approximate surface area is 107 Å². The van der Waals surface area contributed by atoms with Crippen LogP contribution in [0.5, 0.6) is 0 Å². The van der Waals surface area contributed by atoms with E-state index in [1.165, 1.54) is 25.8 Å². The van der Waals surface area contributed by atoms with Gasteiger partial charge in [0, 0.05) is 31.2 Å². The van der Waals surface area contributed by atoms with Gasteiger partial charge in [0.2, 0.25) is 0 Å². The fraction of sp³-hybridized carbons (Fsp3) is 1.00. The van der Waals surface area contributed by atoms with Crippen LogP contribution in [0.2, 0.25) is 0 Å². The molecule has 0 radical (unpaired) electrons. The van der Waals surface area contributed by atoms with Crippen LogP contribution in [0.4, 0.5) is 0 Å². The van der Waals surface area contributed by atoms with Crippen LogP contribution >= 0.6 is 0 Å². The monoisotopic (exact) mass is 238 g/mol. The molecule has 0 bridgehead atoms. The van der Waals surface area contributed by atoms with Gasteiger partial charge in [-0.2, -0.15) is 0 Å². The molecule has 3 unspecified atom stereocenters. The molecule has 0 aromatic heterocycles. The van der Waals surface area contributed by atoms with E-state index in [-0.39, 0.29) is 0 Å². The van der Waals surface area contributed by atoms with Crippen molar-refractivity contribution in [3.8, 4) is 0 Å². The Bertz CT molecular complexity index is 260. The normalized spacial score (nSPS) is 38.8. The molecule has 1 heterocycles. The lowest BCUT2D eigenvalue weighted by Gasteiger charge is -2.47. The van der Waals surface area contributed by atoms with Gasteiger partial charge in [-0.3, -0.25) is 4.90 Å². The summed E-state index contributed by atoms with van der Waals surface area (Å²) in [6.07, 6.45) is 4.23. The van der Waals surface area contributed by atoms with E-state index in [0.29, 0.717) is 17.5 Å². The third-order valence-corrected chi connectivity index (χ3v) is 5.05. The summed E-state index contributed by atoms with van der Waals surface area (Å²) in [5, 5.41) is 3.71. The van der Waals surface area contributed by atoms with E-state index in [2.05, 4.69) is 44.8 Å². The molecule has 100 valence electrons. The van der Waals surface area contributed by atoms with Crippen LogP contribution in [0.25, 0.3) is 0 Å². The van der Waals surface area contributed by atoms with Crippen molar-refractivity contribution in [1.29, 1.82) is 0 Å². The minimum Gasteiger partial charge on any atom is -0.311 e. The molecule has 1 aliphatic carbocycles. The molecule has 2 rings (SSSR count). The van der Waals surface area contributed by atoms with Gasteiger partial charge >= 0.3 is 0 Å². The van der Waals surface area contributed by atoms with Crippen molar-refractivity contribution >= 4 is 0 Å². The van der Waals surface area contributed by atoms with Crippen molar-refractivity contribution in [3.63, 3.8) is 0 Å². The Morgan fingerprint density at radius 2 is 2.00 bits per heavy atom. The molecule has 0 amide bonds. The van der Waals surface area contributed by atoms with Crippen LogP contribution in [-0.4, -0.2) is 36.1 Å². The average molecular weight is 238 g/mol. The first-order valence-electron chi connectivity index (χ1n) is 7.41. The SMILES string of the molecule is CC(C)C1CN(C2CCCC2(C)C)C(C)CN1. The highest BCUT2D eigenvalue weighted by Gasteiger charge is 2.42. The Hall–Kier alpha value is -0.0800. The predicted molar refractivity (Wildman–Crippen MR) is 74.2 cm³/mol. The molecule has 1 N–H and O–H groups in total. The van der Waals surface area contributed by atoms with Crippen LogP contribution in [0, 0.1) is 11.3 Å². The number of nitrogens with zero attached hydrogens (tertiary/aromatic N) is 1. The quantitative estimate of drug-likeness (QED) is 0.796. The summed E-state index contributed by atoms with van der Waals surface area (Å²) in [5.41, 5.74) is 0.521. The van der Waals surface area contributed by atoms with E-state index < -0.39 is 0 Å². The van der Waals surface area contributed by atoms with Gasteiger partial charge in [0.05, 0.1) is 0 Å². The Kier molecular flexibility index (Phi) is 3.84. The molecule has 2 nitrogen and oxygen atoms in total. The van der Waals surface area contributed by atoms with E-state index in [1.807, 2.05) is 0 Å². The van der Waals surface area contributed by atoms with Crippen LogP contribution in [0.1, 0.15) is 53.9 Å². The van der Waals surface area contributed by atoms with Crippen LogP contribution in [0.3, 0.4) is 0 Å². The molecule has 2 fully saturated rings. The maximum absolute atomic E-state index is 3.71. The van der Waals surface area contributed by atoms with E-state index in [4.69, 9.17) is 0 Å². The number of hydrogen-bond acceptors (Lipinski definition) is 2. The standard InChI is InChI=1S/C15H30N2/c1-11(2)13-10-17(12(3)9-16-13)14-7-6-8-15(14,4)5/h11-14,16H,6-10H2,1-5H3. The summed E-state index contributed by atoms with van der Waals surface area (Å²) in [7, 11) is 0. The molecule has 2 aliphatic rings. The number of piperazine rings is 1. The second-order valence-corrected chi connectivity index (χ2v) is 7.20. The van der Waals surface area contributed by atoms with Crippen molar-refractivity contribution in [2.24, 2.45) is 11.3 Å². The molecule has 2 heteroatoms. The van der Waals surface area contributed by atoms with Gasteiger partial charge in [-0.05, 0) is 31.1 Å². The lowest BCUT2D eigenvalue weighted by atomic mass is 9.84. The van der Waals surface area contributed by atoms with Crippen molar-refractivity contribution < 1.29 is 0 Å². The Morgan fingerprint density at radius 1 is 1.29 bits per heavy atom. The maximum atomic E-state index is 3.71. The molecular formula is C15H30N2. The molecule has 0 spiro atoms. The largest absolute Gasteiger partial charge is 0.311 e. The first-order chi connectivity index (χ1) is 7.92. The summed E-state index contributed by atoms with van der Waals surface area (Å²) >= 11 is 0. The highest BCUT2D eigenvalue weighted by molar-refractivity contribution is 4.97. The molecule has 1 saturated heterocycles. The number of hydrogen-bond donors (Lipinski definition) is 1. The first kappa shape index (κ1) is 13.4. The van der Waals surface area contributed by atoms with Crippen molar-refractivity contribution in [1.82, 2.24) is 10.2 Å². The molecular weight excluding hydrogens is 208 g/mol. The van der Waals surface area contributed by atoms with Crippen LogP contribution in [0.15, 0.2) is 0 Å². The van der Waals surface area contributed by atoms with Gasteiger partial charge in [0.15, 0.2) is 0 Å². The van der Waals surface area contributed by atoms with Crippen LogP contribution in [-0.2, 0) is 0 Å². The Morgan fingerprint density at radius 3 is 2.53 bits per heavy atom. The second-order valence-electron chi connectivity index (χ2n) is 7.20. The fourth-order valence-electron chi connectivity index (χ4n) is 3.71. The minimum atomic E-state index is 0.521. The minimum absolute atomic E-state index is 0.521. The van der Waals surface area contributed by atoms with Gasteiger partial charge in [0.1, 0.15) is 0 Å². The van der Waals surface area contributed by atoms with E-state index in [1.54, 1.807) is 0 Å². The van der Waals surface area contributed by atoms with Crippen molar-refractivity contribution in [2.75, 3.05) is 13.1 Å². The summed E-state index contributed by atoms with van der Waals surface area (Å²) in [6.45, 7) is 14.4. The second kappa shape index (κ2) is 4.89. The lowest BCUT2D eigenvalue weighted by Crippen LogP contribution is -2.61. The van der Waals surface area contributed by atoms with Gasteiger partial charge in [-0.25, -0.2) is 0 Å². The van der Waals surface area contributed by atoms with Crippen LogP contribution < -0.4 is 5.32 Å².